The minimum Gasteiger partial charge on any atom is -0.543 e. The number of thiazole rings is 1. The van der Waals surface area contributed by atoms with E-state index >= 15 is 0 Å². The number of aliphatic carboxylic acids is 1. The first-order chi connectivity index (χ1) is 16.9. The third kappa shape index (κ3) is 4.24. The van der Waals surface area contributed by atoms with Crippen LogP contribution in [0.1, 0.15) is 5.69 Å². The fourth-order valence-corrected chi connectivity index (χ4v) is 6.62. The van der Waals surface area contributed by atoms with Crippen molar-refractivity contribution in [3.05, 3.63) is 51.6 Å². The van der Waals surface area contributed by atoms with E-state index in [1.807, 2.05) is 33.8 Å². The number of carbonyl (C=O) groups excluding carboxylic acids is 3. The number of β-lactam (4-membered cyclic amide) rings is 1. The lowest BCUT2D eigenvalue weighted by molar-refractivity contribution is -0.687. The molecule has 5 heterocycles. The molecule has 2 atom stereocenters. The molecule has 0 aromatic carbocycles. The number of oxime groups is 1. The van der Waals surface area contributed by atoms with E-state index in [2.05, 4.69) is 15.5 Å². The number of hydrogen-bond acceptors (Lipinski definition) is 11. The molecule has 2 aliphatic heterocycles. The summed E-state index contributed by atoms with van der Waals surface area (Å²) in [5.74, 6) is -2.29. The molecule has 3 N–H and O–H groups in total. The fourth-order valence-electron chi connectivity index (χ4n) is 3.97. The molecule has 2 aliphatic rings. The van der Waals surface area contributed by atoms with E-state index in [-0.39, 0.29) is 22.2 Å². The Kier molecular flexibility index (Phi) is 6.17. The number of amides is 2. The number of carbonyl (C=O) groups is 3. The van der Waals surface area contributed by atoms with Gasteiger partial charge in [-0.05, 0) is 5.38 Å². The molecular formula is C21H18N6O5S3. The van der Waals surface area contributed by atoms with Crippen molar-refractivity contribution < 1.29 is 28.9 Å². The van der Waals surface area contributed by atoms with Gasteiger partial charge in [0.2, 0.25) is 0 Å². The molecule has 0 aliphatic carbocycles. The van der Waals surface area contributed by atoms with Crippen LogP contribution in [-0.2, 0) is 25.8 Å². The number of aromatic nitrogens is 2. The first kappa shape index (κ1) is 23.3. The molecule has 14 heteroatoms. The lowest BCUT2D eigenvalue weighted by atomic mass is 10.0. The van der Waals surface area contributed by atoms with Crippen LogP contribution in [0.15, 0.2) is 51.0 Å². The minimum absolute atomic E-state index is 0.135. The monoisotopic (exact) mass is 530 g/mol. The second-order valence-corrected chi connectivity index (χ2v) is 10.4. The van der Waals surface area contributed by atoms with Crippen LogP contribution in [0.4, 0.5) is 5.13 Å². The van der Waals surface area contributed by atoms with Crippen molar-refractivity contribution in [3.8, 4) is 0 Å². The van der Waals surface area contributed by atoms with E-state index in [1.54, 1.807) is 16.7 Å². The molecule has 1 unspecified atom stereocenters. The molecule has 180 valence electrons. The zero-order valence-corrected chi connectivity index (χ0v) is 20.6. The number of nitrogens with zero attached hydrogens (tertiary/aromatic N) is 4. The second kappa shape index (κ2) is 9.28. The number of hydrogen-bond donors (Lipinski definition) is 2. The normalized spacial score (nSPS) is 20.0. The maximum absolute atomic E-state index is 13.0. The Morgan fingerprint density at radius 2 is 2.17 bits per heavy atom. The number of rotatable bonds is 7. The van der Waals surface area contributed by atoms with Crippen LogP contribution in [0.25, 0.3) is 10.8 Å². The predicted molar refractivity (Wildman–Crippen MR) is 129 cm³/mol. The summed E-state index contributed by atoms with van der Waals surface area (Å²) < 4.78 is 1.88. The third-order valence-corrected chi connectivity index (χ3v) is 8.33. The van der Waals surface area contributed by atoms with Crippen LogP contribution in [0.5, 0.6) is 0 Å². The van der Waals surface area contributed by atoms with Gasteiger partial charge in [0.15, 0.2) is 29.8 Å². The van der Waals surface area contributed by atoms with Gasteiger partial charge in [0.05, 0.1) is 17.1 Å². The third-order valence-electron chi connectivity index (χ3n) is 5.54. The number of carboxylic acids is 1. The maximum Gasteiger partial charge on any atom is 0.276 e. The Morgan fingerprint density at radius 3 is 2.89 bits per heavy atom. The van der Waals surface area contributed by atoms with Crippen LogP contribution in [0.3, 0.4) is 0 Å². The van der Waals surface area contributed by atoms with Crippen molar-refractivity contribution >= 4 is 73.8 Å². The van der Waals surface area contributed by atoms with E-state index in [0.717, 1.165) is 22.1 Å². The summed E-state index contributed by atoms with van der Waals surface area (Å²) in [6, 6.07) is 1.02. The summed E-state index contributed by atoms with van der Waals surface area (Å²) >= 11 is 4.09. The van der Waals surface area contributed by atoms with Crippen molar-refractivity contribution in [2.24, 2.45) is 5.16 Å². The smallest absolute Gasteiger partial charge is 0.276 e. The molecule has 0 saturated carbocycles. The highest BCUT2D eigenvalue weighted by Crippen LogP contribution is 2.40. The summed E-state index contributed by atoms with van der Waals surface area (Å²) in [7, 11) is 1.28. The predicted octanol–water partition coefficient (Wildman–Crippen LogP) is -0.318. The van der Waals surface area contributed by atoms with Gasteiger partial charge in [0.1, 0.15) is 24.2 Å². The van der Waals surface area contributed by atoms with Gasteiger partial charge in [-0.2, -0.15) is 11.3 Å². The quantitative estimate of drug-likeness (QED) is 0.182. The highest BCUT2D eigenvalue weighted by atomic mass is 32.2. The van der Waals surface area contributed by atoms with Crippen LogP contribution >= 0.6 is 34.4 Å². The molecule has 2 amide bonds. The Hall–Kier alpha value is -3.49. The molecule has 35 heavy (non-hydrogen) atoms. The SMILES string of the molecule is CON=C(C(=O)NC1C(=O)N2C(C(=O)[O-])=C(C[n+]3ccc4cscc4c3)CS[C@@H]12)c1csc(N)n1. The van der Waals surface area contributed by atoms with Gasteiger partial charge in [-0.1, -0.05) is 5.16 Å². The lowest BCUT2D eigenvalue weighted by Crippen LogP contribution is -2.71. The first-order valence-corrected chi connectivity index (χ1v) is 13.1. The van der Waals surface area contributed by atoms with E-state index < -0.39 is 29.2 Å². The van der Waals surface area contributed by atoms with Gasteiger partial charge < -0.3 is 25.8 Å². The number of pyridine rings is 1. The van der Waals surface area contributed by atoms with E-state index in [1.165, 1.54) is 23.8 Å². The Morgan fingerprint density at radius 1 is 1.37 bits per heavy atom. The maximum atomic E-state index is 13.0. The van der Waals surface area contributed by atoms with E-state index in [0.29, 0.717) is 17.9 Å². The summed E-state index contributed by atoms with van der Waals surface area (Å²) in [5, 5.41) is 25.8. The Balaban J connectivity index is 1.36. The number of fused-ring (bicyclic) bond motifs is 2. The lowest BCUT2D eigenvalue weighted by Gasteiger charge is -2.50. The largest absolute Gasteiger partial charge is 0.543 e. The average molecular weight is 531 g/mol. The minimum atomic E-state index is -1.43. The molecule has 1 fully saturated rings. The topological polar surface area (TPSA) is 154 Å². The molecule has 0 spiro atoms. The highest BCUT2D eigenvalue weighted by Gasteiger charge is 2.53. The summed E-state index contributed by atoms with van der Waals surface area (Å²) in [6.45, 7) is 0.297. The number of nitrogens with two attached hydrogens (primary N) is 1. The Bertz CT molecular complexity index is 1410. The fraction of sp³-hybridized carbons (Fsp3) is 0.238. The van der Waals surface area contributed by atoms with Crippen LogP contribution in [0, 0.1) is 0 Å². The molecule has 5 rings (SSSR count). The van der Waals surface area contributed by atoms with Gasteiger partial charge in [-0.15, -0.1) is 23.1 Å². The van der Waals surface area contributed by atoms with Crippen molar-refractivity contribution in [3.63, 3.8) is 0 Å². The molecule has 3 aromatic heterocycles. The van der Waals surface area contributed by atoms with Crippen molar-refractivity contribution in [2.45, 2.75) is 18.0 Å². The van der Waals surface area contributed by atoms with Gasteiger partial charge in [-0.3, -0.25) is 14.5 Å². The summed E-state index contributed by atoms with van der Waals surface area (Å²) in [6.07, 6.45) is 3.81. The molecule has 0 bridgehead atoms. The number of carboxylic acid groups (broad SMARTS) is 1. The van der Waals surface area contributed by atoms with Crippen LogP contribution < -0.4 is 20.7 Å². The molecule has 3 aromatic rings. The molecule has 0 radical (unpaired) electrons. The summed E-state index contributed by atoms with van der Waals surface area (Å²) in [4.78, 5) is 47.8. The van der Waals surface area contributed by atoms with Crippen molar-refractivity contribution in [2.75, 3.05) is 18.6 Å². The van der Waals surface area contributed by atoms with Gasteiger partial charge in [0.25, 0.3) is 11.8 Å². The average Bonchev–Trinajstić information content (AvgIpc) is 3.48. The second-order valence-electron chi connectivity index (χ2n) is 7.69. The molecular weight excluding hydrogens is 512 g/mol. The number of thiophene rings is 1. The van der Waals surface area contributed by atoms with Crippen molar-refractivity contribution in [1.82, 2.24) is 15.2 Å². The molecule has 11 nitrogen and oxygen atoms in total. The zero-order chi connectivity index (χ0) is 24.7. The summed E-state index contributed by atoms with van der Waals surface area (Å²) in [5.41, 5.74) is 6.13. The van der Waals surface area contributed by atoms with Gasteiger partial charge >= 0.3 is 0 Å². The highest BCUT2D eigenvalue weighted by molar-refractivity contribution is 8.00. The van der Waals surface area contributed by atoms with Crippen LogP contribution in [-0.4, -0.2) is 57.7 Å². The van der Waals surface area contributed by atoms with Gasteiger partial charge in [-0.25, -0.2) is 9.55 Å². The van der Waals surface area contributed by atoms with Gasteiger partial charge in [0, 0.05) is 33.5 Å². The number of nitrogens with one attached hydrogen (secondary N) is 1. The standard InChI is InChI=1S/C21H18N6O5S3/c1-32-25-14(13-9-35-21(22)23-13)17(28)24-15-18(29)27-16(20(30)31)12(8-34-19(15)27)5-26-3-2-10-6-33-7-11(10)4-26/h2-4,6-7,9,15,19H,5,8H2,1H3,(H3-,22,23,24,28,30,31)/t15?,19-/m0/s1. The van der Waals surface area contributed by atoms with Crippen molar-refractivity contribution in [1.29, 1.82) is 0 Å². The molecule has 1 saturated heterocycles. The number of nitrogen functional groups attached to an aromatic ring is 1. The van der Waals surface area contributed by atoms with E-state index in [4.69, 9.17) is 10.6 Å². The number of anilines is 1. The zero-order valence-electron chi connectivity index (χ0n) is 18.2. The van der Waals surface area contributed by atoms with Crippen LogP contribution in [0.2, 0.25) is 0 Å². The Labute approximate surface area is 210 Å². The van der Waals surface area contributed by atoms with E-state index in [9.17, 15) is 19.5 Å². The first-order valence-electron chi connectivity index (χ1n) is 10.2. The number of thioether (sulfide) groups is 1.